The van der Waals surface area contributed by atoms with Crippen molar-refractivity contribution in [1.29, 1.82) is 0 Å². The predicted octanol–water partition coefficient (Wildman–Crippen LogP) is 5.20. The molecule has 3 aromatic rings. The number of aromatic hydroxyl groups is 1. The number of carbonyl (C=O) groups is 2. The van der Waals surface area contributed by atoms with Crippen molar-refractivity contribution >= 4 is 34.8 Å². The van der Waals surface area contributed by atoms with E-state index in [1.165, 1.54) is 12.1 Å². The summed E-state index contributed by atoms with van der Waals surface area (Å²) in [6.45, 7) is 0. The Morgan fingerprint density at radius 3 is 2.07 bits per heavy atom. The number of anilines is 2. The molecule has 3 N–H and O–H groups in total. The first-order valence-corrected chi connectivity index (χ1v) is 9.28. The third kappa shape index (κ3) is 6.55. The number of amides is 2. The number of benzene rings is 3. The number of hydrogen-bond acceptors (Lipinski definition) is 4. The lowest BCUT2D eigenvalue weighted by atomic mass is 10.2. The zero-order valence-corrected chi connectivity index (χ0v) is 16.1. The van der Waals surface area contributed by atoms with Gasteiger partial charge in [0.1, 0.15) is 17.2 Å². The third-order valence-electron chi connectivity index (χ3n) is 3.90. The summed E-state index contributed by atoms with van der Waals surface area (Å²) in [7, 11) is 0. The molecule has 3 rings (SSSR count). The van der Waals surface area contributed by atoms with E-state index >= 15 is 0 Å². The minimum Gasteiger partial charge on any atom is -0.508 e. The highest BCUT2D eigenvalue weighted by molar-refractivity contribution is 6.30. The Morgan fingerprint density at radius 1 is 0.793 bits per heavy atom. The molecule has 0 aliphatic carbocycles. The van der Waals surface area contributed by atoms with Crippen molar-refractivity contribution in [2.45, 2.75) is 12.8 Å². The number of ether oxygens (including phenoxy) is 1. The average Bonchev–Trinajstić information content (AvgIpc) is 2.70. The van der Waals surface area contributed by atoms with Crippen LogP contribution in [0.2, 0.25) is 5.02 Å². The second-order valence-electron chi connectivity index (χ2n) is 6.23. The van der Waals surface area contributed by atoms with Gasteiger partial charge in [-0.2, -0.15) is 0 Å². The van der Waals surface area contributed by atoms with Crippen molar-refractivity contribution in [3.63, 3.8) is 0 Å². The fourth-order valence-electron chi connectivity index (χ4n) is 2.49. The summed E-state index contributed by atoms with van der Waals surface area (Å²) in [6.07, 6.45) is 0.0693. The minimum absolute atomic E-state index is 0.0339. The Balaban J connectivity index is 1.49. The number of hydrogen-bond donors (Lipinski definition) is 3. The SMILES string of the molecule is O=C(CCC(=O)Nc1cccc(Oc2ccc(Cl)cc2)c1)Nc1ccc(O)cc1. The predicted molar refractivity (Wildman–Crippen MR) is 113 cm³/mol. The molecule has 0 heterocycles. The smallest absolute Gasteiger partial charge is 0.224 e. The Labute approximate surface area is 173 Å². The van der Waals surface area contributed by atoms with Crippen LogP contribution in [0.25, 0.3) is 0 Å². The number of phenols is 1. The number of carbonyl (C=O) groups excluding carboxylic acids is 2. The standard InChI is InChI=1S/C22H19ClN2O4/c23-15-4-10-19(11-5-15)29-20-3-1-2-17(14-20)25-22(28)13-12-21(27)24-16-6-8-18(26)9-7-16/h1-11,14,26H,12-13H2,(H,24,27)(H,25,28). The van der Waals surface area contributed by atoms with Crippen LogP contribution in [-0.4, -0.2) is 16.9 Å². The molecule has 0 spiro atoms. The first-order valence-electron chi connectivity index (χ1n) is 8.90. The van der Waals surface area contributed by atoms with Gasteiger partial charge in [0, 0.05) is 35.3 Å². The van der Waals surface area contributed by atoms with Gasteiger partial charge in [-0.3, -0.25) is 9.59 Å². The molecule has 2 amide bonds. The van der Waals surface area contributed by atoms with Gasteiger partial charge in [0.2, 0.25) is 11.8 Å². The molecule has 0 bridgehead atoms. The molecule has 3 aromatic carbocycles. The molecule has 0 fully saturated rings. The van der Waals surface area contributed by atoms with Crippen LogP contribution in [0.4, 0.5) is 11.4 Å². The Morgan fingerprint density at radius 2 is 1.41 bits per heavy atom. The molecule has 29 heavy (non-hydrogen) atoms. The minimum atomic E-state index is -0.286. The Bertz CT molecular complexity index is 988. The van der Waals surface area contributed by atoms with Crippen molar-refractivity contribution in [2.75, 3.05) is 10.6 Å². The highest BCUT2D eigenvalue weighted by atomic mass is 35.5. The molecule has 0 saturated carbocycles. The van der Waals surface area contributed by atoms with E-state index in [4.69, 9.17) is 16.3 Å². The lowest BCUT2D eigenvalue weighted by Gasteiger charge is -2.09. The molecule has 7 heteroatoms. The van der Waals surface area contributed by atoms with E-state index in [2.05, 4.69) is 10.6 Å². The fourth-order valence-corrected chi connectivity index (χ4v) is 2.62. The zero-order valence-electron chi connectivity index (χ0n) is 15.4. The highest BCUT2D eigenvalue weighted by Crippen LogP contribution is 2.25. The van der Waals surface area contributed by atoms with Crippen molar-refractivity contribution < 1.29 is 19.4 Å². The van der Waals surface area contributed by atoms with Crippen LogP contribution in [0.1, 0.15) is 12.8 Å². The summed E-state index contributed by atoms with van der Waals surface area (Å²) in [5, 5.41) is 15.3. The molecule has 0 aliphatic rings. The molecular formula is C22H19ClN2O4. The largest absolute Gasteiger partial charge is 0.508 e. The average molecular weight is 411 g/mol. The van der Waals surface area contributed by atoms with Crippen LogP contribution < -0.4 is 15.4 Å². The van der Waals surface area contributed by atoms with Crippen LogP contribution in [0.5, 0.6) is 17.2 Å². The molecule has 0 radical (unpaired) electrons. The first kappa shape index (κ1) is 20.2. The Hall–Kier alpha value is -3.51. The molecule has 0 saturated heterocycles. The fraction of sp³-hybridized carbons (Fsp3) is 0.0909. The molecule has 0 aromatic heterocycles. The molecule has 0 aliphatic heterocycles. The zero-order chi connectivity index (χ0) is 20.6. The maximum absolute atomic E-state index is 12.1. The van der Waals surface area contributed by atoms with Crippen molar-refractivity contribution in [2.24, 2.45) is 0 Å². The maximum Gasteiger partial charge on any atom is 0.224 e. The van der Waals surface area contributed by atoms with Crippen LogP contribution in [0.15, 0.2) is 72.8 Å². The second kappa shape index (κ2) is 9.61. The summed E-state index contributed by atoms with van der Waals surface area (Å²) in [5.74, 6) is 0.740. The first-order chi connectivity index (χ1) is 14.0. The van der Waals surface area contributed by atoms with Crippen molar-refractivity contribution in [1.82, 2.24) is 0 Å². The van der Waals surface area contributed by atoms with E-state index in [-0.39, 0.29) is 30.4 Å². The van der Waals surface area contributed by atoms with Gasteiger partial charge in [0.05, 0.1) is 0 Å². The van der Waals surface area contributed by atoms with Gasteiger partial charge in [-0.15, -0.1) is 0 Å². The van der Waals surface area contributed by atoms with E-state index in [0.717, 1.165) is 0 Å². The number of rotatable bonds is 7. The summed E-state index contributed by atoms with van der Waals surface area (Å²) >= 11 is 5.86. The summed E-state index contributed by atoms with van der Waals surface area (Å²) in [4.78, 5) is 24.1. The summed E-state index contributed by atoms with van der Waals surface area (Å²) in [6, 6.07) is 20.0. The number of nitrogens with one attached hydrogen (secondary N) is 2. The normalized spacial score (nSPS) is 10.2. The number of phenolic OH excluding ortho intramolecular Hbond substituents is 1. The van der Waals surface area contributed by atoms with Gasteiger partial charge in [0.15, 0.2) is 0 Å². The number of halogens is 1. The Kier molecular flexibility index (Phi) is 6.71. The van der Waals surface area contributed by atoms with Gasteiger partial charge < -0.3 is 20.5 Å². The van der Waals surface area contributed by atoms with Gasteiger partial charge in [-0.25, -0.2) is 0 Å². The van der Waals surface area contributed by atoms with Gasteiger partial charge in [-0.05, 0) is 60.7 Å². The van der Waals surface area contributed by atoms with Crippen LogP contribution in [0, 0.1) is 0 Å². The monoisotopic (exact) mass is 410 g/mol. The third-order valence-corrected chi connectivity index (χ3v) is 4.15. The summed E-state index contributed by atoms with van der Waals surface area (Å²) in [5.41, 5.74) is 1.13. The van der Waals surface area contributed by atoms with E-state index in [0.29, 0.717) is 27.9 Å². The maximum atomic E-state index is 12.1. The van der Waals surface area contributed by atoms with E-state index in [9.17, 15) is 14.7 Å². The van der Waals surface area contributed by atoms with E-state index in [1.807, 2.05) is 0 Å². The second-order valence-corrected chi connectivity index (χ2v) is 6.66. The molecule has 6 nitrogen and oxygen atoms in total. The van der Waals surface area contributed by atoms with Crippen LogP contribution >= 0.6 is 11.6 Å². The lowest BCUT2D eigenvalue weighted by Crippen LogP contribution is -2.17. The van der Waals surface area contributed by atoms with E-state index in [1.54, 1.807) is 60.7 Å². The van der Waals surface area contributed by atoms with Crippen LogP contribution in [0.3, 0.4) is 0 Å². The van der Waals surface area contributed by atoms with Gasteiger partial charge in [0.25, 0.3) is 0 Å². The van der Waals surface area contributed by atoms with E-state index < -0.39 is 0 Å². The quantitative estimate of drug-likeness (QED) is 0.467. The molecule has 0 atom stereocenters. The van der Waals surface area contributed by atoms with Crippen molar-refractivity contribution in [3.05, 3.63) is 77.8 Å². The summed E-state index contributed by atoms with van der Waals surface area (Å²) < 4.78 is 5.74. The van der Waals surface area contributed by atoms with Crippen molar-refractivity contribution in [3.8, 4) is 17.2 Å². The molecule has 0 unspecified atom stereocenters. The molecular weight excluding hydrogens is 392 g/mol. The van der Waals surface area contributed by atoms with Crippen LogP contribution in [-0.2, 0) is 9.59 Å². The van der Waals surface area contributed by atoms with Gasteiger partial charge >= 0.3 is 0 Å². The topological polar surface area (TPSA) is 87.7 Å². The highest BCUT2D eigenvalue weighted by Gasteiger charge is 2.09. The lowest BCUT2D eigenvalue weighted by molar-refractivity contribution is -0.121. The van der Waals surface area contributed by atoms with Gasteiger partial charge in [-0.1, -0.05) is 17.7 Å². The molecule has 148 valence electrons.